The van der Waals surface area contributed by atoms with E-state index < -0.39 is 0 Å². The number of fused-ring (bicyclic) bond motifs is 2. The number of nitrogens with zero attached hydrogens (tertiary/aromatic N) is 2. The quantitative estimate of drug-likeness (QED) is 0.767. The van der Waals surface area contributed by atoms with Crippen LogP contribution in [0.2, 0.25) is 0 Å². The zero-order valence-electron chi connectivity index (χ0n) is 10.3. The molecule has 0 amide bonds. The van der Waals surface area contributed by atoms with Crippen molar-refractivity contribution < 1.29 is 0 Å². The van der Waals surface area contributed by atoms with Crippen molar-refractivity contribution in [2.75, 3.05) is 5.32 Å². The predicted octanol–water partition coefficient (Wildman–Crippen LogP) is 3.79. The molecular formula is C15H13N3S. The van der Waals surface area contributed by atoms with E-state index in [1.165, 1.54) is 11.1 Å². The van der Waals surface area contributed by atoms with E-state index >= 15 is 0 Å². The summed E-state index contributed by atoms with van der Waals surface area (Å²) < 4.78 is 0. The largest absolute Gasteiger partial charge is 0.363 e. The second-order valence-electron chi connectivity index (χ2n) is 4.80. The topological polar surface area (TPSA) is 37.8 Å². The van der Waals surface area contributed by atoms with Crippen molar-refractivity contribution in [3.8, 4) is 0 Å². The number of anilines is 1. The minimum Gasteiger partial charge on any atom is -0.363 e. The average Bonchev–Trinajstić information content (AvgIpc) is 3.06. The number of aryl methyl sites for hydroxylation is 1. The first-order chi connectivity index (χ1) is 9.42. The summed E-state index contributed by atoms with van der Waals surface area (Å²) in [6, 6.07) is 11.1. The van der Waals surface area contributed by atoms with Gasteiger partial charge in [0, 0.05) is 0 Å². The average molecular weight is 267 g/mol. The monoisotopic (exact) mass is 267 g/mol. The van der Waals surface area contributed by atoms with Crippen LogP contribution in [0.1, 0.15) is 23.6 Å². The van der Waals surface area contributed by atoms with Crippen molar-refractivity contribution >= 4 is 27.4 Å². The highest BCUT2D eigenvalue weighted by Gasteiger charge is 2.22. The van der Waals surface area contributed by atoms with Crippen LogP contribution in [0.5, 0.6) is 0 Å². The lowest BCUT2D eigenvalue weighted by molar-refractivity contribution is 0.758. The third-order valence-corrected chi connectivity index (χ3v) is 4.53. The molecule has 1 aromatic carbocycles. The Bertz CT molecular complexity index is 735. The molecule has 0 radical (unpaired) electrons. The fraction of sp³-hybridized carbons (Fsp3) is 0.200. The van der Waals surface area contributed by atoms with E-state index in [1.807, 2.05) is 0 Å². The lowest BCUT2D eigenvalue weighted by Crippen LogP contribution is -2.08. The fourth-order valence-corrected chi connectivity index (χ4v) is 3.51. The summed E-state index contributed by atoms with van der Waals surface area (Å²) in [5.41, 5.74) is 2.86. The molecular weight excluding hydrogens is 254 g/mol. The Labute approximate surface area is 115 Å². The van der Waals surface area contributed by atoms with Gasteiger partial charge in [-0.3, -0.25) is 0 Å². The molecule has 0 aliphatic heterocycles. The minimum absolute atomic E-state index is 0.370. The summed E-state index contributed by atoms with van der Waals surface area (Å²) in [4.78, 5) is 9.73. The van der Waals surface area contributed by atoms with Crippen LogP contribution in [0.15, 0.2) is 42.0 Å². The summed E-state index contributed by atoms with van der Waals surface area (Å²) >= 11 is 1.65. The minimum atomic E-state index is 0.370. The van der Waals surface area contributed by atoms with Gasteiger partial charge in [-0.1, -0.05) is 24.3 Å². The second kappa shape index (κ2) is 4.31. The highest BCUT2D eigenvalue weighted by atomic mass is 32.1. The molecule has 94 valence electrons. The number of hydrogen-bond acceptors (Lipinski definition) is 4. The molecule has 1 aliphatic rings. The number of benzene rings is 1. The van der Waals surface area contributed by atoms with Crippen LogP contribution >= 0.6 is 11.3 Å². The Kier molecular flexibility index (Phi) is 2.48. The highest BCUT2D eigenvalue weighted by molar-refractivity contribution is 7.16. The summed E-state index contributed by atoms with van der Waals surface area (Å²) in [6.07, 6.45) is 3.92. The zero-order chi connectivity index (χ0) is 12.7. The molecule has 2 heterocycles. The van der Waals surface area contributed by atoms with Gasteiger partial charge in [-0.05, 0) is 35.4 Å². The third kappa shape index (κ3) is 1.79. The molecule has 4 rings (SSSR count). The van der Waals surface area contributed by atoms with Crippen molar-refractivity contribution in [1.82, 2.24) is 9.97 Å². The first-order valence-electron chi connectivity index (χ1n) is 6.44. The van der Waals surface area contributed by atoms with Gasteiger partial charge in [0.05, 0.1) is 11.4 Å². The normalized spacial score (nSPS) is 17.6. The van der Waals surface area contributed by atoms with Gasteiger partial charge >= 0.3 is 0 Å². The molecule has 3 nitrogen and oxygen atoms in total. The lowest BCUT2D eigenvalue weighted by atomic mass is 10.1. The SMILES string of the molecule is c1ccc2c(c1)CC[C@@H]2Nc1ncnc2sccc12. The van der Waals surface area contributed by atoms with Crippen molar-refractivity contribution in [1.29, 1.82) is 0 Å². The zero-order valence-corrected chi connectivity index (χ0v) is 11.2. The molecule has 0 bridgehead atoms. The number of aromatic nitrogens is 2. The van der Waals surface area contributed by atoms with E-state index in [9.17, 15) is 0 Å². The van der Waals surface area contributed by atoms with E-state index in [-0.39, 0.29) is 0 Å². The van der Waals surface area contributed by atoms with E-state index in [2.05, 4.69) is 51.0 Å². The summed E-state index contributed by atoms with van der Waals surface area (Å²) in [7, 11) is 0. The van der Waals surface area contributed by atoms with Crippen molar-refractivity contribution in [3.05, 3.63) is 53.2 Å². The first kappa shape index (κ1) is 10.9. The van der Waals surface area contributed by atoms with Gasteiger partial charge in [0.2, 0.25) is 0 Å². The van der Waals surface area contributed by atoms with Crippen LogP contribution in [-0.2, 0) is 6.42 Å². The Morgan fingerprint density at radius 2 is 2.11 bits per heavy atom. The summed E-state index contributed by atoms with van der Waals surface area (Å²) in [5, 5.41) is 6.77. The lowest BCUT2D eigenvalue weighted by Gasteiger charge is -2.15. The number of nitrogens with one attached hydrogen (secondary N) is 1. The molecule has 1 N–H and O–H groups in total. The van der Waals surface area contributed by atoms with Crippen LogP contribution in [0.3, 0.4) is 0 Å². The smallest absolute Gasteiger partial charge is 0.138 e. The van der Waals surface area contributed by atoms with Crippen LogP contribution in [-0.4, -0.2) is 9.97 Å². The Balaban J connectivity index is 1.71. The first-order valence-corrected chi connectivity index (χ1v) is 7.32. The van der Waals surface area contributed by atoms with Gasteiger partial charge in [-0.2, -0.15) is 0 Å². The standard InChI is InChI=1S/C15H13N3S/c1-2-4-11-10(3-1)5-6-13(11)18-14-12-7-8-19-15(12)17-9-16-14/h1-4,7-9,13H,5-6H2,(H,16,17,18)/t13-/m0/s1. The van der Waals surface area contributed by atoms with Gasteiger partial charge in [0.1, 0.15) is 17.0 Å². The van der Waals surface area contributed by atoms with Crippen molar-refractivity contribution in [2.24, 2.45) is 0 Å². The molecule has 0 spiro atoms. The molecule has 2 aromatic heterocycles. The maximum Gasteiger partial charge on any atom is 0.138 e. The van der Waals surface area contributed by atoms with E-state index in [4.69, 9.17) is 0 Å². The van der Waals surface area contributed by atoms with Crippen molar-refractivity contribution in [3.63, 3.8) is 0 Å². The molecule has 0 unspecified atom stereocenters. The molecule has 1 atom stereocenters. The molecule has 19 heavy (non-hydrogen) atoms. The van der Waals surface area contributed by atoms with Gasteiger partial charge in [0.25, 0.3) is 0 Å². The van der Waals surface area contributed by atoms with E-state index in [1.54, 1.807) is 17.7 Å². The van der Waals surface area contributed by atoms with Gasteiger partial charge in [0.15, 0.2) is 0 Å². The molecule has 4 heteroatoms. The molecule has 1 aliphatic carbocycles. The third-order valence-electron chi connectivity index (χ3n) is 3.71. The Morgan fingerprint density at radius 3 is 3.11 bits per heavy atom. The number of thiophene rings is 1. The van der Waals surface area contributed by atoms with E-state index in [0.717, 1.165) is 28.9 Å². The molecule has 3 aromatic rings. The number of hydrogen-bond donors (Lipinski definition) is 1. The second-order valence-corrected chi connectivity index (χ2v) is 5.69. The maximum atomic E-state index is 4.40. The van der Waals surface area contributed by atoms with Crippen LogP contribution in [0.25, 0.3) is 10.2 Å². The molecule has 0 saturated heterocycles. The summed E-state index contributed by atoms with van der Waals surface area (Å²) in [5.74, 6) is 0.952. The summed E-state index contributed by atoms with van der Waals surface area (Å²) in [6.45, 7) is 0. The molecule has 0 fully saturated rings. The van der Waals surface area contributed by atoms with Crippen molar-refractivity contribution in [2.45, 2.75) is 18.9 Å². The Morgan fingerprint density at radius 1 is 1.16 bits per heavy atom. The van der Waals surface area contributed by atoms with Gasteiger partial charge in [-0.25, -0.2) is 9.97 Å². The maximum absolute atomic E-state index is 4.40. The van der Waals surface area contributed by atoms with Crippen LogP contribution in [0.4, 0.5) is 5.82 Å². The Hall–Kier alpha value is -1.94. The van der Waals surface area contributed by atoms with Gasteiger partial charge in [-0.15, -0.1) is 11.3 Å². The fourth-order valence-electron chi connectivity index (χ4n) is 2.78. The van der Waals surface area contributed by atoms with Crippen LogP contribution < -0.4 is 5.32 Å². The number of rotatable bonds is 2. The molecule has 0 saturated carbocycles. The highest BCUT2D eigenvalue weighted by Crippen LogP contribution is 2.35. The predicted molar refractivity (Wildman–Crippen MR) is 78.5 cm³/mol. The van der Waals surface area contributed by atoms with Crippen LogP contribution in [0, 0.1) is 0 Å². The van der Waals surface area contributed by atoms with Gasteiger partial charge < -0.3 is 5.32 Å². The van der Waals surface area contributed by atoms with E-state index in [0.29, 0.717) is 6.04 Å².